The molecule has 0 saturated carbocycles. The average molecular weight is 373 g/mol. The largest absolute Gasteiger partial charge is 0.342 e. The first-order valence-corrected chi connectivity index (χ1v) is 9.44. The highest BCUT2D eigenvalue weighted by Crippen LogP contribution is 2.25. The summed E-state index contributed by atoms with van der Waals surface area (Å²) >= 11 is 0. The lowest BCUT2D eigenvalue weighted by Crippen LogP contribution is -2.46. The van der Waals surface area contributed by atoms with Crippen LogP contribution in [0.25, 0.3) is 11.3 Å². The molecule has 0 atom stereocenters. The molecule has 6 heteroatoms. The van der Waals surface area contributed by atoms with Crippen LogP contribution in [0.1, 0.15) is 5.56 Å². The lowest BCUT2D eigenvalue weighted by Gasteiger charge is -2.32. The molecule has 0 radical (unpaired) electrons. The minimum absolute atomic E-state index is 0.682. The van der Waals surface area contributed by atoms with E-state index in [1.165, 1.54) is 5.56 Å². The van der Waals surface area contributed by atoms with E-state index >= 15 is 0 Å². The molecule has 142 valence electrons. The molecule has 2 heterocycles. The number of carbonyl (C=O) groups is 1. The Labute approximate surface area is 164 Å². The molecule has 1 saturated heterocycles. The summed E-state index contributed by atoms with van der Waals surface area (Å²) in [4.78, 5) is 24.5. The molecule has 6 nitrogen and oxygen atoms in total. The van der Waals surface area contributed by atoms with Gasteiger partial charge in [-0.2, -0.15) is 4.98 Å². The van der Waals surface area contributed by atoms with Gasteiger partial charge >= 0.3 is 0 Å². The van der Waals surface area contributed by atoms with Crippen molar-refractivity contribution in [1.82, 2.24) is 14.9 Å². The third-order valence-corrected chi connectivity index (χ3v) is 4.82. The Morgan fingerprint density at radius 2 is 1.71 bits per heavy atom. The number of hydrogen-bond donors (Lipinski definition) is 1. The summed E-state index contributed by atoms with van der Waals surface area (Å²) in [5.74, 6) is 1.44. The first-order chi connectivity index (χ1) is 13.7. The van der Waals surface area contributed by atoms with Gasteiger partial charge in [-0.25, -0.2) is 4.98 Å². The topological polar surface area (TPSA) is 61.4 Å². The monoisotopic (exact) mass is 373 g/mol. The third-order valence-electron chi connectivity index (χ3n) is 4.82. The van der Waals surface area contributed by atoms with Gasteiger partial charge in [-0.1, -0.05) is 42.5 Å². The van der Waals surface area contributed by atoms with Crippen molar-refractivity contribution in [1.29, 1.82) is 0 Å². The second kappa shape index (κ2) is 8.08. The summed E-state index contributed by atoms with van der Waals surface area (Å²) in [6.45, 7) is 4.88. The van der Waals surface area contributed by atoms with Crippen LogP contribution in [0.3, 0.4) is 0 Å². The molecule has 0 aliphatic carbocycles. The minimum Gasteiger partial charge on any atom is -0.342 e. The quantitative estimate of drug-likeness (QED) is 0.694. The Balaban J connectivity index is 1.68. The first kappa shape index (κ1) is 18.0. The first-order valence-electron chi connectivity index (χ1n) is 9.44. The summed E-state index contributed by atoms with van der Waals surface area (Å²) in [5, 5.41) is 3.41. The molecule has 3 aromatic rings. The zero-order valence-electron chi connectivity index (χ0n) is 15.9. The number of nitrogens with zero attached hydrogens (tertiary/aromatic N) is 4. The highest BCUT2D eigenvalue weighted by molar-refractivity contribution is 5.67. The molecule has 2 aromatic carbocycles. The van der Waals surface area contributed by atoms with Gasteiger partial charge in [-0.15, -0.1) is 0 Å². The van der Waals surface area contributed by atoms with Crippen LogP contribution >= 0.6 is 0 Å². The maximum atomic E-state index is 11.0. The van der Waals surface area contributed by atoms with Crippen LogP contribution in [0.15, 0.2) is 60.7 Å². The standard InChI is InChI=1S/C22H23N5O/c1-17-6-5-9-19(14-17)23-21-15-20(18-7-3-2-4-8-18)24-22(25-21)27-12-10-26(16-28)11-13-27/h2-9,14-16H,10-13H2,1H3,(H,23,24,25). The van der Waals surface area contributed by atoms with Gasteiger partial charge in [-0.05, 0) is 24.6 Å². The Kier molecular flexibility index (Phi) is 5.19. The minimum atomic E-state index is 0.682. The van der Waals surface area contributed by atoms with Crippen LogP contribution < -0.4 is 10.2 Å². The van der Waals surface area contributed by atoms with E-state index in [9.17, 15) is 4.79 Å². The summed E-state index contributed by atoms with van der Waals surface area (Å²) in [6.07, 6.45) is 0.906. The number of nitrogens with one attached hydrogen (secondary N) is 1. The van der Waals surface area contributed by atoms with E-state index in [4.69, 9.17) is 9.97 Å². The number of piperazine rings is 1. The lowest BCUT2D eigenvalue weighted by atomic mass is 10.1. The van der Waals surface area contributed by atoms with E-state index in [1.807, 2.05) is 48.5 Å². The fourth-order valence-corrected chi connectivity index (χ4v) is 3.29. The molecule has 1 amide bonds. The van der Waals surface area contributed by atoms with Crippen molar-refractivity contribution in [3.05, 3.63) is 66.2 Å². The summed E-state index contributed by atoms with van der Waals surface area (Å²) in [7, 11) is 0. The maximum Gasteiger partial charge on any atom is 0.228 e. The van der Waals surface area contributed by atoms with Crippen LogP contribution in [0, 0.1) is 6.92 Å². The second-order valence-electron chi connectivity index (χ2n) is 6.93. The van der Waals surface area contributed by atoms with Crippen molar-refractivity contribution in [2.24, 2.45) is 0 Å². The number of aromatic nitrogens is 2. The number of anilines is 3. The molecular formula is C22H23N5O. The van der Waals surface area contributed by atoms with Gasteiger partial charge in [0.15, 0.2) is 0 Å². The summed E-state index contributed by atoms with van der Waals surface area (Å²) in [6, 6.07) is 20.3. The molecule has 1 aromatic heterocycles. The van der Waals surface area contributed by atoms with Crippen molar-refractivity contribution in [2.45, 2.75) is 6.92 Å². The number of amides is 1. The van der Waals surface area contributed by atoms with Crippen molar-refractivity contribution in [2.75, 3.05) is 36.4 Å². The fourth-order valence-electron chi connectivity index (χ4n) is 3.29. The average Bonchev–Trinajstić information content (AvgIpc) is 2.74. The van der Waals surface area contributed by atoms with E-state index < -0.39 is 0 Å². The van der Waals surface area contributed by atoms with Gasteiger partial charge in [0.1, 0.15) is 5.82 Å². The molecule has 1 N–H and O–H groups in total. The predicted octanol–water partition coefficient (Wildman–Crippen LogP) is 3.47. The van der Waals surface area contributed by atoms with E-state index in [1.54, 1.807) is 4.90 Å². The van der Waals surface area contributed by atoms with Gasteiger partial charge in [-0.3, -0.25) is 4.79 Å². The molecule has 0 unspecified atom stereocenters. The molecular weight excluding hydrogens is 350 g/mol. The van der Waals surface area contributed by atoms with Gasteiger partial charge < -0.3 is 15.1 Å². The maximum absolute atomic E-state index is 11.0. The van der Waals surface area contributed by atoms with E-state index in [0.29, 0.717) is 19.0 Å². The SMILES string of the molecule is Cc1cccc(Nc2cc(-c3ccccc3)nc(N3CCN(C=O)CC3)n2)c1. The van der Waals surface area contributed by atoms with Crippen LogP contribution in [-0.2, 0) is 4.79 Å². The van der Waals surface area contributed by atoms with Crippen molar-refractivity contribution < 1.29 is 4.79 Å². The fraction of sp³-hybridized carbons (Fsp3) is 0.227. The number of hydrogen-bond acceptors (Lipinski definition) is 5. The summed E-state index contributed by atoms with van der Waals surface area (Å²) < 4.78 is 0. The number of carbonyl (C=O) groups excluding carboxylic acids is 1. The van der Waals surface area contributed by atoms with Gasteiger partial charge in [0.2, 0.25) is 12.4 Å². The molecule has 1 aliphatic heterocycles. The van der Waals surface area contributed by atoms with Crippen LogP contribution in [0.4, 0.5) is 17.5 Å². The zero-order valence-corrected chi connectivity index (χ0v) is 15.9. The molecule has 1 aliphatic rings. The normalized spacial score (nSPS) is 14.0. The Bertz CT molecular complexity index is 952. The van der Waals surface area contributed by atoms with Gasteiger partial charge in [0, 0.05) is 43.5 Å². The second-order valence-corrected chi connectivity index (χ2v) is 6.93. The highest BCUT2D eigenvalue weighted by Gasteiger charge is 2.19. The van der Waals surface area contributed by atoms with Gasteiger partial charge in [0.05, 0.1) is 5.69 Å². The van der Waals surface area contributed by atoms with Crippen molar-refractivity contribution >= 4 is 23.9 Å². The third kappa shape index (κ3) is 4.11. The Hall–Kier alpha value is -3.41. The Morgan fingerprint density at radius 1 is 0.929 bits per heavy atom. The number of aryl methyl sites for hydroxylation is 1. The highest BCUT2D eigenvalue weighted by atomic mass is 16.1. The van der Waals surface area contributed by atoms with Crippen LogP contribution in [0.5, 0.6) is 0 Å². The molecule has 4 rings (SSSR count). The molecule has 0 bridgehead atoms. The van der Waals surface area contributed by atoms with Gasteiger partial charge in [0.25, 0.3) is 0 Å². The van der Waals surface area contributed by atoms with E-state index in [2.05, 4.69) is 29.3 Å². The smallest absolute Gasteiger partial charge is 0.228 e. The number of benzene rings is 2. The van der Waals surface area contributed by atoms with Crippen molar-refractivity contribution in [3.63, 3.8) is 0 Å². The molecule has 28 heavy (non-hydrogen) atoms. The van der Waals surface area contributed by atoms with Crippen LogP contribution in [0.2, 0.25) is 0 Å². The lowest BCUT2D eigenvalue weighted by molar-refractivity contribution is -0.118. The molecule has 0 spiro atoms. The summed E-state index contributed by atoms with van der Waals surface area (Å²) in [5.41, 5.74) is 4.10. The van der Waals surface area contributed by atoms with E-state index in [-0.39, 0.29) is 0 Å². The van der Waals surface area contributed by atoms with Crippen molar-refractivity contribution in [3.8, 4) is 11.3 Å². The molecule has 1 fully saturated rings. The van der Waals surface area contributed by atoms with E-state index in [0.717, 1.165) is 42.3 Å². The zero-order chi connectivity index (χ0) is 19.3. The predicted molar refractivity (Wildman–Crippen MR) is 112 cm³/mol. The van der Waals surface area contributed by atoms with Crippen LogP contribution in [-0.4, -0.2) is 47.5 Å². The Morgan fingerprint density at radius 3 is 2.43 bits per heavy atom. The number of rotatable bonds is 5.